The molecule has 1 fully saturated rings. The van der Waals surface area contributed by atoms with Crippen LogP contribution in [0.2, 0.25) is 0 Å². The third-order valence-corrected chi connectivity index (χ3v) is 3.96. The van der Waals surface area contributed by atoms with Gasteiger partial charge < -0.3 is 9.47 Å². The quantitative estimate of drug-likeness (QED) is 0.492. The molecule has 2 aromatic carbocycles. The van der Waals surface area contributed by atoms with Crippen molar-refractivity contribution in [2.75, 3.05) is 20.0 Å². The number of non-ortho nitro benzene ring substituents is 1. The molecule has 0 radical (unpaired) electrons. The highest BCUT2D eigenvalue weighted by Gasteiger charge is 2.43. The van der Waals surface area contributed by atoms with Gasteiger partial charge in [-0.2, -0.15) is 0 Å². The van der Waals surface area contributed by atoms with Crippen LogP contribution in [0.3, 0.4) is 0 Å². The van der Waals surface area contributed by atoms with Gasteiger partial charge >= 0.3 is 0 Å². The zero-order chi connectivity index (χ0) is 16.3. The van der Waals surface area contributed by atoms with E-state index in [2.05, 4.69) is 0 Å². The van der Waals surface area contributed by atoms with Crippen molar-refractivity contribution >= 4 is 11.5 Å². The van der Waals surface area contributed by atoms with E-state index in [4.69, 9.17) is 9.47 Å². The number of carbonyl (C=O) groups is 1. The largest absolute Gasteiger partial charge is 0.354 e. The van der Waals surface area contributed by atoms with Crippen LogP contribution >= 0.6 is 0 Å². The number of nitro benzene ring substituents is 1. The molecule has 1 saturated heterocycles. The highest BCUT2D eigenvalue weighted by molar-refractivity contribution is 6.04. The Morgan fingerprint density at radius 2 is 1.61 bits per heavy atom. The molecule has 6 heteroatoms. The van der Waals surface area contributed by atoms with Crippen LogP contribution in [0.25, 0.3) is 0 Å². The zero-order valence-corrected chi connectivity index (χ0v) is 12.3. The number of ether oxygens (including phenoxy) is 2. The van der Waals surface area contributed by atoms with Gasteiger partial charge in [-0.25, -0.2) is 0 Å². The predicted octanol–water partition coefficient (Wildman–Crippen LogP) is 2.72. The summed E-state index contributed by atoms with van der Waals surface area (Å²) in [6.07, 6.45) is 0. The summed E-state index contributed by atoms with van der Waals surface area (Å²) in [7, 11) is 0. The smallest absolute Gasteiger partial charge is 0.269 e. The molecule has 0 bridgehead atoms. The topological polar surface area (TPSA) is 78.7 Å². The summed E-state index contributed by atoms with van der Waals surface area (Å²) in [4.78, 5) is 23.4. The number of hydrogen-bond acceptors (Lipinski definition) is 5. The van der Waals surface area contributed by atoms with Crippen LogP contribution < -0.4 is 0 Å². The first kappa shape index (κ1) is 15.3. The molecule has 0 atom stereocenters. The molecule has 0 aromatic heterocycles. The molecule has 0 unspecified atom stereocenters. The number of Topliss-reactive ketones (excluding diaryl/α,β-unsaturated/α-hetero) is 1. The van der Waals surface area contributed by atoms with Crippen molar-refractivity contribution in [2.24, 2.45) is 0 Å². The minimum absolute atomic E-state index is 0.0197. The Labute approximate surface area is 132 Å². The minimum Gasteiger partial charge on any atom is -0.354 e. The fourth-order valence-electron chi connectivity index (χ4n) is 2.73. The van der Waals surface area contributed by atoms with Gasteiger partial charge in [0.05, 0.1) is 18.1 Å². The van der Waals surface area contributed by atoms with Crippen LogP contribution in [-0.4, -0.2) is 30.7 Å². The van der Waals surface area contributed by atoms with Crippen molar-refractivity contribution in [1.82, 2.24) is 0 Å². The van der Waals surface area contributed by atoms with Gasteiger partial charge in [-0.15, -0.1) is 0 Å². The molecule has 0 spiro atoms. The molecule has 23 heavy (non-hydrogen) atoms. The van der Waals surface area contributed by atoms with Gasteiger partial charge in [-0.05, 0) is 5.56 Å². The molecule has 0 amide bonds. The van der Waals surface area contributed by atoms with Gasteiger partial charge in [-0.3, -0.25) is 14.9 Å². The third kappa shape index (κ3) is 2.86. The number of carbonyl (C=O) groups excluding carboxylic acids is 1. The molecule has 1 aliphatic heterocycles. The van der Waals surface area contributed by atoms with Gasteiger partial charge in [0.25, 0.3) is 5.69 Å². The van der Waals surface area contributed by atoms with E-state index in [1.165, 1.54) is 12.1 Å². The Morgan fingerprint density at radius 1 is 1.00 bits per heavy atom. The zero-order valence-electron chi connectivity index (χ0n) is 12.3. The van der Waals surface area contributed by atoms with Crippen molar-refractivity contribution in [3.63, 3.8) is 0 Å². The summed E-state index contributed by atoms with van der Waals surface area (Å²) < 4.78 is 10.8. The summed E-state index contributed by atoms with van der Waals surface area (Å²) in [5, 5.41) is 10.8. The lowest BCUT2D eigenvalue weighted by atomic mass is 9.75. The molecular weight excluding hydrogens is 298 g/mol. The summed E-state index contributed by atoms with van der Waals surface area (Å²) in [5.74, 6) is -0.119. The first-order valence-electron chi connectivity index (χ1n) is 7.14. The first-order valence-corrected chi connectivity index (χ1v) is 7.14. The van der Waals surface area contributed by atoms with E-state index in [0.29, 0.717) is 11.1 Å². The minimum atomic E-state index is -0.991. The fraction of sp³-hybridized carbons (Fsp3) is 0.235. The predicted molar refractivity (Wildman–Crippen MR) is 82.3 cm³/mol. The summed E-state index contributed by atoms with van der Waals surface area (Å²) in [6, 6.07) is 14.9. The monoisotopic (exact) mass is 313 g/mol. The lowest BCUT2D eigenvalue weighted by Crippen LogP contribution is -2.48. The van der Waals surface area contributed by atoms with E-state index in [1.807, 2.05) is 6.07 Å². The Kier molecular flexibility index (Phi) is 4.18. The Hall–Kier alpha value is -2.57. The van der Waals surface area contributed by atoms with Gasteiger partial charge in [0.15, 0.2) is 5.78 Å². The molecule has 118 valence electrons. The number of hydrogen-bond donors (Lipinski definition) is 0. The van der Waals surface area contributed by atoms with Crippen LogP contribution in [0.15, 0.2) is 54.6 Å². The van der Waals surface area contributed by atoms with Gasteiger partial charge in [-0.1, -0.05) is 42.5 Å². The number of nitrogens with zero attached hydrogens (tertiary/aromatic N) is 1. The third-order valence-electron chi connectivity index (χ3n) is 3.96. The van der Waals surface area contributed by atoms with E-state index in [1.54, 1.807) is 36.4 Å². The van der Waals surface area contributed by atoms with Crippen LogP contribution in [0.4, 0.5) is 5.69 Å². The Balaban J connectivity index is 2.03. The van der Waals surface area contributed by atoms with E-state index in [0.717, 1.165) is 0 Å². The molecule has 1 aliphatic rings. The molecule has 0 aliphatic carbocycles. The van der Waals surface area contributed by atoms with Crippen LogP contribution in [-0.2, 0) is 14.9 Å². The van der Waals surface area contributed by atoms with Crippen molar-refractivity contribution in [1.29, 1.82) is 0 Å². The molecule has 6 nitrogen and oxygen atoms in total. The van der Waals surface area contributed by atoms with Crippen LogP contribution in [0.1, 0.15) is 15.9 Å². The normalized spacial score (nSPS) is 16.7. The van der Waals surface area contributed by atoms with Crippen molar-refractivity contribution < 1.29 is 19.2 Å². The maximum Gasteiger partial charge on any atom is 0.269 e. The van der Waals surface area contributed by atoms with Gasteiger partial charge in [0.2, 0.25) is 0 Å². The molecular formula is C17H15NO5. The first-order chi connectivity index (χ1) is 11.1. The maximum atomic E-state index is 13.0. The molecule has 0 saturated carbocycles. The van der Waals surface area contributed by atoms with Crippen molar-refractivity contribution in [3.05, 3.63) is 75.8 Å². The average molecular weight is 313 g/mol. The SMILES string of the molecule is O=C(c1ccccc1)C1(c2ccc([N+](=O)[O-])cc2)COCOC1. The van der Waals surface area contributed by atoms with Crippen LogP contribution in [0, 0.1) is 10.1 Å². The van der Waals surface area contributed by atoms with Gasteiger partial charge in [0.1, 0.15) is 12.2 Å². The van der Waals surface area contributed by atoms with Gasteiger partial charge in [0, 0.05) is 17.7 Å². The van der Waals surface area contributed by atoms with E-state index < -0.39 is 10.3 Å². The standard InChI is InChI=1S/C17H15NO5/c19-16(13-4-2-1-3-5-13)17(10-22-12-23-11-17)14-6-8-15(9-7-14)18(20)21/h1-9H,10-12H2. The second kappa shape index (κ2) is 6.28. The molecule has 2 aromatic rings. The summed E-state index contributed by atoms with van der Waals surface area (Å²) >= 11 is 0. The number of ketones is 1. The lowest BCUT2D eigenvalue weighted by Gasteiger charge is -2.35. The van der Waals surface area contributed by atoms with Crippen LogP contribution in [0.5, 0.6) is 0 Å². The average Bonchev–Trinajstić information content (AvgIpc) is 2.62. The number of nitro groups is 1. The Bertz CT molecular complexity index is 706. The van der Waals surface area contributed by atoms with E-state index in [-0.39, 0.29) is 31.5 Å². The molecule has 0 N–H and O–H groups in total. The second-order valence-electron chi connectivity index (χ2n) is 5.40. The number of benzene rings is 2. The van der Waals surface area contributed by atoms with Crippen molar-refractivity contribution in [2.45, 2.75) is 5.41 Å². The fourth-order valence-corrected chi connectivity index (χ4v) is 2.73. The lowest BCUT2D eigenvalue weighted by molar-refractivity contribution is -0.384. The highest BCUT2D eigenvalue weighted by Crippen LogP contribution is 2.33. The summed E-state index contributed by atoms with van der Waals surface area (Å²) in [6.45, 7) is 0.494. The molecule has 3 rings (SSSR count). The highest BCUT2D eigenvalue weighted by atomic mass is 16.7. The van der Waals surface area contributed by atoms with E-state index >= 15 is 0 Å². The Morgan fingerprint density at radius 3 is 2.17 bits per heavy atom. The number of rotatable bonds is 4. The maximum absolute atomic E-state index is 13.0. The van der Waals surface area contributed by atoms with Crippen molar-refractivity contribution in [3.8, 4) is 0 Å². The van der Waals surface area contributed by atoms with E-state index in [9.17, 15) is 14.9 Å². The second-order valence-corrected chi connectivity index (χ2v) is 5.40. The summed E-state index contributed by atoms with van der Waals surface area (Å²) in [5.41, 5.74) is 0.194. The molecule has 1 heterocycles.